The predicted molar refractivity (Wildman–Crippen MR) is 121 cm³/mol. The highest BCUT2D eigenvalue weighted by molar-refractivity contribution is 7.89. The molecule has 1 fully saturated rings. The topological polar surface area (TPSA) is 116 Å². The fraction of sp³-hybridized carbons (Fsp3) is 0.318. The van der Waals surface area contributed by atoms with Gasteiger partial charge in [0.1, 0.15) is 22.9 Å². The van der Waals surface area contributed by atoms with Crippen molar-refractivity contribution in [2.24, 2.45) is 0 Å². The molecule has 4 rings (SSSR count). The zero-order chi connectivity index (χ0) is 23.6. The van der Waals surface area contributed by atoms with Crippen LogP contribution in [0.1, 0.15) is 41.7 Å². The molecule has 1 aromatic carbocycles. The lowest BCUT2D eigenvalue weighted by Gasteiger charge is -2.15. The van der Waals surface area contributed by atoms with Gasteiger partial charge in [-0.1, -0.05) is 24.4 Å². The Hall–Kier alpha value is -2.95. The minimum Gasteiger partial charge on any atom is -0.495 e. The number of fused-ring (bicyclic) bond motifs is 1. The molecule has 0 bridgehead atoms. The predicted octanol–water partition coefficient (Wildman–Crippen LogP) is 2.93. The number of sulfonamides is 1. The van der Waals surface area contributed by atoms with Crippen molar-refractivity contribution in [3.63, 3.8) is 0 Å². The van der Waals surface area contributed by atoms with Gasteiger partial charge in [-0.2, -0.15) is 0 Å². The molecule has 0 amide bonds. The summed E-state index contributed by atoms with van der Waals surface area (Å²) >= 11 is 5.90. The summed E-state index contributed by atoms with van der Waals surface area (Å²) in [6, 6.07) is 8.33. The standard InChI is InChI=1S/C22H22ClN3O6S/c1-31-18-8-6-14(10-19(18)33(29,30)25-16-4-2-3-5-16)22(28)32-13-17-11-21(27)26-12-15(23)7-9-20(26)24-17/h6-12,16,25H,2-5,13H2,1H3. The first kappa shape index (κ1) is 23.2. The molecule has 0 spiro atoms. The van der Waals surface area contributed by atoms with Crippen LogP contribution in [0.5, 0.6) is 5.75 Å². The number of nitrogens with one attached hydrogen (secondary N) is 1. The zero-order valence-electron chi connectivity index (χ0n) is 17.8. The monoisotopic (exact) mass is 491 g/mol. The number of carbonyl (C=O) groups excluding carboxylic acids is 1. The molecular formula is C22H22ClN3O6S. The number of methoxy groups -OCH3 is 1. The summed E-state index contributed by atoms with van der Waals surface area (Å²) in [5, 5.41) is 0.387. The number of aromatic nitrogens is 2. The maximum absolute atomic E-state index is 12.9. The summed E-state index contributed by atoms with van der Waals surface area (Å²) < 4.78 is 40.3. The lowest BCUT2D eigenvalue weighted by atomic mass is 10.2. The Kier molecular flexibility index (Phi) is 6.68. The molecule has 0 aliphatic heterocycles. The highest BCUT2D eigenvalue weighted by Gasteiger charge is 2.27. The van der Waals surface area contributed by atoms with Crippen molar-refractivity contribution < 1.29 is 22.7 Å². The third-order valence-electron chi connectivity index (χ3n) is 5.39. The molecule has 1 aliphatic rings. The van der Waals surface area contributed by atoms with Gasteiger partial charge in [0.05, 0.1) is 23.4 Å². The van der Waals surface area contributed by atoms with Gasteiger partial charge in [0.2, 0.25) is 10.0 Å². The van der Waals surface area contributed by atoms with E-state index in [9.17, 15) is 18.0 Å². The van der Waals surface area contributed by atoms with Gasteiger partial charge in [-0.05, 0) is 43.2 Å². The van der Waals surface area contributed by atoms with Crippen LogP contribution in [-0.4, -0.2) is 36.9 Å². The number of esters is 1. The molecule has 1 aliphatic carbocycles. The van der Waals surface area contributed by atoms with E-state index >= 15 is 0 Å². The highest BCUT2D eigenvalue weighted by atomic mass is 35.5. The van der Waals surface area contributed by atoms with E-state index in [1.807, 2.05) is 0 Å². The molecule has 174 valence electrons. The molecule has 0 unspecified atom stereocenters. The molecule has 0 atom stereocenters. The summed E-state index contributed by atoms with van der Waals surface area (Å²) in [6.07, 6.45) is 4.93. The molecule has 11 heteroatoms. The van der Waals surface area contributed by atoms with Gasteiger partial charge in [-0.15, -0.1) is 0 Å². The van der Waals surface area contributed by atoms with E-state index < -0.39 is 16.0 Å². The van der Waals surface area contributed by atoms with Gasteiger partial charge in [0.15, 0.2) is 0 Å². The Morgan fingerprint density at radius 3 is 2.70 bits per heavy atom. The number of rotatable bonds is 7. The number of carbonyl (C=O) groups is 1. The molecule has 0 radical (unpaired) electrons. The van der Waals surface area contributed by atoms with E-state index in [1.54, 1.807) is 12.1 Å². The van der Waals surface area contributed by atoms with Crippen LogP contribution < -0.4 is 15.0 Å². The quantitative estimate of drug-likeness (QED) is 0.505. The fourth-order valence-electron chi connectivity index (χ4n) is 3.76. The number of hydrogen-bond donors (Lipinski definition) is 1. The van der Waals surface area contributed by atoms with Crippen molar-refractivity contribution in [3.05, 3.63) is 69.2 Å². The van der Waals surface area contributed by atoms with Gasteiger partial charge >= 0.3 is 5.97 Å². The van der Waals surface area contributed by atoms with Crippen LogP contribution >= 0.6 is 11.6 Å². The van der Waals surface area contributed by atoms with Gasteiger partial charge in [0, 0.05) is 18.3 Å². The average molecular weight is 492 g/mol. The number of benzene rings is 1. The van der Waals surface area contributed by atoms with Crippen LogP contribution in [0.3, 0.4) is 0 Å². The lowest BCUT2D eigenvalue weighted by molar-refractivity contribution is 0.0467. The molecule has 2 aromatic heterocycles. The molecule has 1 N–H and O–H groups in total. The van der Waals surface area contributed by atoms with Crippen LogP contribution in [0.25, 0.3) is 5.65 Å². The summed E-state index contributed by atoms with van der Waals surface area (Å²) in [7, 11) is -2.53. The first-order chi connectivity index (χ1) is 15.8. The van der Waals surface area contributed by atoms with E-state index in [1.165, 1.54) is 42.0 Å². The molecular weight excluding hydrogens is 470 g/mol. The Morgan fingerprint density at radius 2 is 1.97 bits per heavy atom. The number of halogens is 1. The third-order valence-corrected chi connectivity index (χ3v) is 7.16. The highest BCUT2D eigenvalue weighted by Crippen LogP contribution is 2.27. The van der Waals surface area contributed by atoms with Crippen molar-refractivity contribution in [1.82, 2.24) is 14.1 Å². The Bertz CT molecular complexity index is 1370. The van der Waals surface area contributed by atoms with Crippen molar-refractivity contribution >= 4 is 33.2 Å². The summed E-state index contributed by atoms with van der Waals surface area (Å²) in [4.78, 5) is 29.0. The Labute approximate surface area is 195 Å². The van der Waals surface area contributed by atoms with Crippen molar-refractivity contribution in [2.75, 3.05) is 7.11 Å². The molecule has 0 saturated heterocycles. The minimum atomic E-state index is -3.89. The second-order valence-electron chi connectivity index (χ2n) is 7.71. The Morgan fingerprint density at radius 1 is 1.21 bits per heavy atom. The van der Waals surface area contributed by atoms with Crippen molar-refractivity contribution in [1.29, 1.82) is 0 Å². The van der Waals surface area contributed by atoms with Crippen molar-refractivity contribution in [2.45, 2.75) is 43.2 Å². The first-order valence-corrected chi connectivity index (χ1v) is 12.2. The smallest absolute Gasteiger partial charge is 0.338 e. The normalized spacial score (nSPS) is 14.5. The number of ether oxygens (including phenoxy) is 2. The van der Waals surface area contributed by atoms with Crippen LogP contribution in [0.2, 0.25) is 5.02 Å². The van der Waals surface area contributed by atoms with Gasteiger partial charge in [-0.3, -0.25) is 9.20 Å². The largest absolute Gasteiger partial charge is 0.495 e. The SMILES string of the molecule is COc1ccc(C(=O)OCc2cc(=O)n3cc(Cl)ccc3n2)cc1S(=O)(=O)NC1CCCC1. The van der Waals surface area contributed by atoms with Gasteiger partial charge < -0.3 is 9.47 Å². The Balaban J connectivity index is 1.54. The van der Waals surface area contributed by atoms with Crippen LogP contribution in [0.15, 0.2) is 52.3 Å². The van der Waals surface area contributed by atoms with Crippen LogP contribution in [-0.2, 0) is 21.4 Å². The summed E-state index contributed by atoms with van der Waals surface area (Å²) in [5.41, 5.74) is 0.268. The van der Waals surface area contributed by atoms with Gasteiger partial charge in [-0.25, -0.2) is 22.9 Å². The summed E-state index contributed by atoms with van der Waals surface area (Å²) in [5.74, 6) is -0.631. The van der Waals surface area contributed by atoms with E-state index in [0.29, 0.717) is 10.7 Å². The summed E-state index contributed by atoms with van der Waals surface area (Å²) in [6.45, 7) is -0.262. The lowest BCUT2D eigenvalue weighted by Crippen LogP contribution is -2.33. The molecule has 1 saturated carbocycles. The molecule has 9 nitrogen and oxygen atoms in total. The fourth-order valence-corrected chi connectivity index (χ4v) is 5.42. The maximum atomic E-state index is 12.9. The third kappa shape index (κ3) is 5.18. The number of nitrogens with zero attached hydrogens (tertiary/aromatic N) is 2. The number of hydrogen-bond acceptors (Lipinski definition) is 7. The molecule has 2 heterocycles. The number of pyridine rings is 1. The van der Waals surface area contributed by atoms with Crippen molar-refractivity contribution in [3.8, 4) is 5.75 Å². The maximum Gasteiger partial charge on any atom is 0.338 e. The second kappa shape index (κ2) is 9.50. The van der Waals surface area contributed by atoms with E-state index in [2.05, 4.69) is 9.71 Å². The van der Waals surface area contributed by atoms with Crippen LogP contribution in [0.4, 0.5) is 0 Å². The minimum absolute atomic E-state index is 0.0342. The van der Waals surface area contributed by atoms with E-state index in [4.69, 9.17) is 21.1 Å². The zero-order valence-corrected chi connectivity index (χ0v) is 19.4. The molecule has 33 heavy (non-hydrogen) atoms. The average Bonchev–Trinajstić information content (AvgIpc) is 3.30. The van der Waals surface area contributed by atoms with E-state index in [-0.39, 0.29) is 40.1 Å². The van der Waals surface area contributed by atoms with E-state index in [0.717, 1.165) is 25.7 Å². The van der Waals surface area contributed by atoms with Gasteiger partial charge in [0.25, 0.3) is 5.56 Å². The molecule has 3 aromatic rings. The van der Waals surface area contributed by atoms with Crippen LogP contribution in [0, 0.1) is 0 Å². The first-order valence-electron chi connectivity index (χ1n) is 10.3. The second-order valence-corrected chi connectivity index (χ2v) is 9.82.